The van der Waals surface area contributed by atoms with Crippen LogP contribution in [0.25, 0.3) is 0 Å². The van der Waals surface area contributed by atoms with Crippen LogP contribution in [-0.2, 0) is 4.79 Å². The van der Waals surface area contributed by atoms with Gasteiger partial charge in [0.15, 0.2) is 0 Å². The highest BCUT2D eigenvalue weighted by atomic mass is 16.1. The van der Waals surface area contributed by atoms with Crippen molar-refractivity contribution in [3.05, 3.63) is 53.6 Å². The number of amides is 1. The van der Waals surface area contributed by atoms with Crippen LogP contribution in [0.2, 0.25) is 0 Å². The topological polar surface area (TPSA) is 53.8 Å². The molecule has 0 unspecified atom stereocenters. The van der Waals surface area contributed by atoms with Gasteiger partial charge in [-0.2, -0.15) is 5.11 Å². The number of carbonyl (C=O) groups is 1. The maximum atomic E-state index is 11.8. The van der Waals surface area contributed by atoms with Gasteiger partial charge in [0.05, 0.1) is 11.4 Å². The van der Waals surface area contributed by atoms with E-state index in [1.807, 2.05) is 63.2 Å². The lowest BCUT2D eigenvalue weighted by atomic mass is 10.2. The van der Waals surface area contributed by atoms with Gasteiger partial charge >= 0.3 is 0 Å². The second-order valence-corrected chi connectivity index (χ2v) is 5.35. The average molecular weight is 295 g/mol. The molecule has 1 amide bonds. The third-order valence-corrected chi connectivity index (χ3v) is 3.21. The number of anilines is 1. The van der Waals surface area contributed by atoms with Gasteiger partial charge in [-0.3, -0.25) is 4.79 Å². The van der Waals surface area contributed by atoms with Gasteiger partial charge in [-0.15, -0.1) is 5.11 Å². The zero-order chi connectivity index (χ0) is 15.9. The van der Waals surface area contributed by atoms with Gasteiger partial charge in [0, 0.05) is 6.42 Å². The average Bonchev–Trinajstić information content (AvgIpc) is 2.48. The minimum atomic E-state index is -0.000106. The minimum Gasteiger partial charge on any atom is -0.324 e. The number of rotatable bonds is 5. The first-order valence-electron chi connectivity index (χ1n) is 7.47. The van der Waals surface area contributed by atoms with E-state index < -0.39 is 0 Å². The summed E-state index contributed by atoms with van der Waals surface area (Å²) in [5.41, 5.74) is 4.41. The Kier molecular flexibility index (Phi) is 5.42. The van der Waals surface area contributed by atoms with Gasteiger partial charge in [0.25, 0.3) is 0 Å². The molecular formula is C18H21N3O. The molecule has 1 N–H and O–H groups in total. The second kappa shape index (κ2) is 7.50. The number of aryl methyl sites for hydroxylation is 2. The molecule has 0 aliphatic rings. The number of hydrogen-bond donors (Lipinski definition) is 1. The van der Waals surface area contributed by atoms with Gasteiger partial charge in [0.2, 0.25) is 5.91 Å². The molecule has 0 aliphatic carbocycles. The number of benzene rings is 2. The van der Waals surface area contributed by atoms with Crippen LogP contribution in [0.4, 0.5) is 17.1 Å². The summed E-state index contributed by atoms with van der Waals surface area (Å²) in [6, 6.07) is 13.6. The van der Waals surface area contributed by atoms with E-state index in [2.05, 4.69) is 15.5 Å². The van der Waals surface area contributed by atoms with E-state index >= 15 is 0 Å². The molecule has 0 spiro atoms. The molecule has 2 aromatic rings. The lowest BCUT2D eigenvalue weighted by Gasteiger charge is -2.08. The van der Waals surface area contributed by atoms with Gasteiger partial charge in [-0.05, 0) is 50.1 Å². The van der Waals surface area contributed by atoms with Crippen molar-refractivity contribution < 1.29 is 4.79 Å². The normalized spacial score (nSPS) is 10.9. The Labute approximate surface area is 131 Å². The quantitative estimate of drug-likeness (QED) is 0.732. The number of nitrogens with one attached hydrogen (secondary N) is 1. The molecule has 2 rings (SSSR count). The summed E-state index contributed by atoms with van der Waals surface area (Å²) >= 11 is 0. The van der Waals surface area contributed by atoms with E-state index in [0.29, 0.717) is 17.8 Å². The van der Waals surface area contributed by atoms with Crippen molar-refractivity contribution in [1.29, 1.82) is 0 Å². The Balaban J connectivity index is 2.22. The molecule has 0 saturated heterocycles. The fraction of sp³-hybridized carbons (Fsp3) is 0.278. The van der Waals surface area contributed by atoms with Crippen LogP contribution in [0.15, 0.2) is 52.7 Å². The van der Waals surface area contributed by atoms with Crippen molar-refractivity contribution in [3.8, 4) is 0 Å². The third-order valence-electron chi connectivity index (χ3n) is 3.21. The maximum Gasteiger partial charge on any atom is 0.224 e. The van der Waals surface area contributed by atoms with Crippen LogP contribution < -0.4 is 5.32 Å². The molecule has 0 saturated carbocycles. The molecule has 22 heavy (non-hydrogen) atoms. The van der Waals surface area contributed by atoms with Crippen LogP contribution >= 0.6 is 0 Å². The first-order valence-corrected chi connectivity index (χ1v) is 7.47. The van der Waals surface area contributed by atoms with Gasteiger partial charge in [0.1, 0.15) is 5.69 Å². The molecule has 4 nitrogen and oxygen atoms in total. The molecule has 2 aromatic carbocycles. The van der Waals surface area contributed by atoms with Gasteiger partial charge in [-0.1, -0.05) is 30.7 Å². The Morgan fingerprint density at radius 3 is 2.36 bits per heavy atom. The van der Waals surface area contributed by atoms with Crippen molar-refractivity contribution in [2.45, 2.75) is 33.6 Å². The summed E-state index contributed by atoms with van der Waals surface area (Å²) in [5, 5.41) is 11.4. The van der Waals surface area contributed by atoms with E-state index in [4.69, 9.17) is 0 Å². The van der Waals surface area contributed by atoms with Crippen molar-refractivity contribution in [3.63, 3.8) is 0 Å². The fourth-order valence-electron chi connectivity index (χ4n) is 2.00. The summed E-state index contributed by atoms with van der Waals surface area (Å²) in [6.45, 7) is 5.99. The molecule has 0 aliphatic heterocycles. The molecule has 0 aromatic heterocycles. The summed E-state index contributed by atoms with van der Waals surface area (Å²) in [5.74, 6) is -0.000106. The zero-order valence-electron chi connectivity index (χ0n) is 13.3. The Bertz CT molecular complexity index is 675. The smallest absolute Gasteiger partial charge is 0.224 e. The van der Waals surface area contributed by atoms with Crippen LogP contribution in [0.3, 0.4) is 0 Å². The van der Waals surface area contributed by atoms with E-state index in [1.54, 1.807) is 0 Å². The van der Waals surface area contributed by atoms with Gasteiger partial charge in [-0.25, -0.2) is 0 Å². The van der Waals surface area contributed by atoms with Crippen molar-refractivity contribution in [2.24, 2.45) is 10.2 Å². The third kappa shape index (κ3) is 4.52. The predicted molar refractivity (Wildman–Crippen MR) is 90.1 cm³/mol. The molecule has 0 radical (unpaired) electrons. The lowest BCUT2D eigenvalue weighted by molar-refractivity contribution is -0.116. The first-order chi connectivity index (χ1) is 10.6. The van der Waals surface area contributed by atoms with Crippen molar-refractivity contribution in [2.75, 3.05) is 5.32 Å². The molecule has 0 fully saturated rings. The minimum absolute atomic E-state index is 0.000106. The number of nitrogens with zero attached hydrogens (tertiary/aromatic N) is 2. The number of azo groups is 1. The first kappa shape index (κ1) is 15.9. The van der Waals surface area contributed by atoms with Crippen LogP contribution in [0.5, 0.6) is 0 Å². The molecule has 0 heterocycles. The van der Waals surface area contributed by atoms with E-state index in [9.17, 15) is 4.79 Å². The maximum absolute atomic E-state index is 11.8. The largest absolute Gasteiger partial charge is 0.324 e. The van der Waals surface area contributed by atoms with Crippen molar-refractivity contribution in [1.82, 2.24) is 0 Å². The summed E-state index contributed by atoms with van der Waals surface area (Å²) in [4.78, 5) is 11.8. The number of hydrogen-bond acceptors (Lipinski definition) is 3. The predicted octanol–water partition coefficient (Wildman–Crippen LogP) is 5.46. The molecule has 4 heteroatoms. The fourth-order valence-corrected chi connectivity index (χ4v) is 2.00. The highest BCUT2D eigenvalue weighted by Crippen LogP contribution is 2.28. The molecular weight excluding hydrogens is 274 g/mol. The Hall–Kier alpha value is -2.49. The standard InChI is InChI=1S/C18H21N3O/c1-4-5-18(22)19-17-12-14(3)8-11-16(17)21-20-15-9-6-13(2)7-10-15/h6-12H,4-5H2,1-3H3,(H,19,22). The highest BCUT2D eigenvalue weighted by molar-refractivity contribution is 5.93. The van der Waals surface area contributed by atoms with E-state index in [1.165, 1.54) is 5.56 Å². The lowest BCUT2D eigenvalue weighted by Crippen LogP contribution is -2.10. The monoisotopic (exact) mass is 295 g/mol. The zero-order valence-corrected chi connectivity index (χ0v) is 13.3. The second-order valence-electron chi connectivity index (χ2n) is 5.35. The van der Waals surface area contributed by atoms with E-state index in [0.717, 1.165) is 17.7 Å². The Morgan fingerprint density at radius 2 is 1.68 bits per heavy atom. The summed E-state index contributed by atoms with van der Waals surface area (Å²) < 4.78 is 0. The number of carbonyl (C=O) groups excluding carboxylic acids is 1. The van der Waals surface area contributed by atoms with Crippen LogP contribution in [0.1, 0.15) is 30.9 Å². The molecule has 114 valence electrons. The summed E-state index contributed by atoms with van der Waals surface area (Å²) in [6.07, 6.45) is 1.32. The SMILES string of the molecule is CCCC(=O)Nc1cc(C)ccc1N=Nc1ccc(C)cc1. The summed E-state index contributed by atoms with van der Waals surface area (Å²) in [7, 11) is 0. The molecule has 0 bridgehead atoms. The van der Waals surface area contributed by atoms with Crippen molar-refractivity contribution >= 4 is 23.0 Å². The van der Waals surface area contributed by atoms with E-state index in [-0.39, 0.29) is 5.91 Å². The molecule has 0 atom stereocenters. The Morgan fingerprint density at radius 1 is 1.00 bits per heavy atom. The highest BCUT2D eigenvalue weighted by Gasteiger charge is 2.06. The van der Waals surface area contributed by atoms with Crippen LogP contribution in [0, 0.1) is 13.8 Å². The van der Waals surface area contributed by atoms with Gasteiger partial charge < -0.3 is 5.32 Å². The van der Waals surface area contributed by atoms with Crippen LogP contribution in [-0.4, -0.2) is 5.91 Å².